The van der Waals surface area contributed by atoms with E-state index < -0.39 is 0 Å². The lowest BCUT2D eigenvalue weighted by Gasteiger charge is -2.18. The average molecular weight is 691 g/mol. The molecule has 0 fully saturated rings. The van der Waals surface area contributed by atoms with Crippen LogP contribution in [0.2, 0.25) is 0 Å². The van der Waals surface area contributed by atoms with E-state index in [1.54, 1.807) is 0 Å². The molecule has 4 aromatic heterocycles. The number of fused-ring (bicyclic) bond motifs is 16. The van der Waals surface area contributed by atoms with Gasteiger partial charge >= 0.3 is 0 Å². The molecule has 13 aromatic rings. The molecule has 0 saturated heterocycles. The topological polar surface area (TPSA) is 52.6 Å². The van der Waals surface area contributed by atoms with Crippen LogP contribution in [0.1, 0.15) is 0 Å². The summed E-state index contributed by atoms with van der Waals surface area (Å²) in [5.41, 5.74) is 11.4. The van der Waals surface area contributed by atoms with E-state index in [1.807, 2.05) is 48.5 Å². The molecule has 13 rings (SSSR count). The van der Waals surface area contributed by atoms with Gasteiger partial charge in [-0.15, -0.1) is 0 Å². The zero-order valence-corrected chi connectivity index (χ0v) is 28.6. The van der Waals surface area contributed by atoms with Crippen LogP contribution in [0.5, 0.6) is 0 Å². The van der Waals surface area contributed by atoms with Gasteiger partial charge in [-0.3, -0.25) is 0 Å². The fourth-order valence-corrected chi connectivity index (χ4v) is 9.27. The summed E-state index contributed by atoms with van der Waals surface area (Å²) in [6, 6.07) is 55.3. The molecule has 0 radical (unpaired) electrons. The van der Waals surface area contributed by atoms with Gasteiger partial charge in [-0.25, -0.2) is 0 Å². The third-order valence-electron chi connectivity index (χ3n) is 11.5. The van der Waals surface area contributed by atoms with Crippen LogP contribution in [0.25, 0.3) is 132 Å². The zero-order valence-electron chi connectivity index (χ0n) is 28.6. The Morgan fingerprint density at radius 2 is 0.667 bits per heavy atom. The van der Waals surface area contributed by atoms with Crippen LogP contribution in [-0.2, 0) is 0 Å². The standard InChI is InChI=1S/C50H26O4/c1-3-12-30-28(10-1)44(27-20-21-39-36(26-27)49-42(53-39)23-22-41-47(49)33-15-6-8-19-38(33)52-41)29-11-2-4-13-31(29)45(30)34-16-9-17-35-48-43(54-50(34)35)25-24-40-46(48)32-14-5-7-18-37(32)51-40/h1-26H. The summed E-state index contributed by atoms with van der Waals surface area (Å²) in [5, 5.41) is 13.3. The summed E-state index contributed by atoms with van der Waals surface area (Å²) in [5.74, 6) is 0. The Labute approximate surface area is 306 Å². The highest BCUT2D eigenvalue weighted by molar-refractivity contribution is 6.30. The summed E-state index contributed by atoms with van der Waals surface area (Å²) in [7, 11) is 0. The second kappa shape index (κ2) is 10.2. The van der Waals surface area contributed by atoms with Gasteiger partial charge in [0.1, 0.15) is 44.7 Å². The third kappa shape index (κ3) is 3.61. The van der Waals surface area contributed by atoms with Crippen LogP contribution >= 0.6 is 0 Å². The second-order valence-electron chi connectivity index (χ2n) is 14.3. The van der Waals surface area contributed by atoms with Crippen molar-refractivity contribution in [1.29, 1.82) is 0 Å². The highest BCUT2D eigenvalue weighted by Gasteiger charge is 2.23. The summed E-state index contributed by atoms with van der Waals surface area (Å²) >= 11 is 0. The monoisotopic (exact) mass is 690 g/mol. The Balaban J connectivity index is 1.12. The minimum absolute atomic E-state index is 0.849. The number of hydrogen-bond donors (Lipinski definition) is 0. The molecule has 0 aliphatic rings. The number of benzene rings is 9. The first-order valence-electron chi connectivity index (χ1n) is 18.2. The van der Waals surface area contributed by atoms with Gasteiger partial charge in [0, 0.05) is 54.2 Å². The van der Waals surface area contributed by atoms with Gasteiger partial charge < -0.3 is 17.7 Å². The lowest BCUT2D eigenvalue weighted by atomic mass is 9.85. The molecular formula is C50H26O4. The first-order valence-corrected chi connectivity index (χ1v) is 18.2. The lowest BCUT2D eigenvalue weighted by molar-refractivity contribution is 0.663. The van der Waals surface area contributed by atoms with Crippen LogP contribution in [0.4, 0.5) is 0 Å². The van der Waals surface area contributed by atoms with Crippen molar-refractivity contribution in [3.05, 3.63) is 158 Å². The maximum absolute atomic E-state index is 6.86. The average Bonchev–Trinajstić information content (AvgIpc) is 3.99. The first kappa shape index (κ1) is 28.3. The molecule has 4 heteroatoms. The molecule has 0 N–H and O–H groups in total. The van der Waals surface area contributed by atoms with Crippen LogP contribution in [0, 0.1) is 0 Å². The van der Waals surface area contributed by atoms with E-state index in [0.717, 1.165) is 104 Å². The SMILES string of the molecule is c1ccc2c(c1)oc1ccc3oc4ccc(-c5c6ccccc6c(-c6cccc7c6oc6ccc8oc9ccccc9c8c67)c6ccccc56)cc4c3c12. The van der Waals surface area contributed by atoms with Gasteiger partial charge in [0.2, 0.25) is 0 Å². The molecule has 9 aromatic carbocycles. The highest BCUT2D eigenvalue weighted by atomic mass is 16.3. The van der Waals surface area contributed by atoms with E-state index in [0.29, 0.717) is 0 Å². The number of rotatable bonds is 2. The fraction of sp³-hybridized carbons (Fsp3) is 0. The van der Waals surface area contributed by atoms with Crippen molar-refractivity contribution in [3.8, 4) is 22.3 Å². The molecular weight excluding hydrogens is 665 g/mol. The van der Waals surface area contributed by atoms with E-state index in [4.69, 9.17) is 17.7 Å². The molecule has 0 spiro atoms. The Morgan fingerprint density at radius 3 is 1.24 bits per heavy atom. The third-order valence-corrected chi connectivity index (χ3v) is 11.5. The lowest BCUT2D eigenvalue weighted by Crippen LogP contribution is -1.91. The smallest absolute Gasteiger partial charge is 0.143 e. The minimum Gasteiger partial charge on any atom is -0.456 e. The van der Waals surface area contributed by atoms with Gasteiger partial charge in [-0.05, 0) is 81.2 Å². The van der Waals surface area contributed by atoms with Crippen LogP contribution < -0.4 is 0 Å². The fourth-order valence-electron chi connectivity index (χ4n) is 9.27. The van der Waals surface area contributed by atoms with E-state index >= 15 is 0 Å². The van der Waals surface area contributed by atoms with E-state index in [9.17, 15) is 0 Å². The predicted molar refractivity (Wildman–Crippen MR) is 221 cm³/mol. The molecule has 250 valence electrons. The van der Waals surface area contributed by atoms with Crippen molar-refractivity contribution in [2.75, 3.05) is 0 Å². The summed E-state index contributed by atoms with van der Waals surface area (Å²) in [4.78, 5) is 0. The summed E-state index contributed by atoms with van der Waals surface area (Å²) in [6.07, 6.45) is 0. The van der Waals surface area contributed by atoms with Crippen molar-refractivity contribution < 1.29 is 17.7 Å². The molecule has 0 unspecified atom stereocenters. The van der Waals surface area contributed by atoms with Gasteiger partial charge in [-0.2, -0.15) is 0 Å². The van der Waals surface area contributed by atoms with E-state index in [-0.39, 0.29) is 0 Å². The van der Waals surface area contributed by atoms with Crippen LogP contribution in [-0.4, -0.2) is 0 Å². The summed E-state index contributed by atoms with van der Waals surface area (Å²) < 4.78 is 25.9. The van der Waals surface area contributed by atoms with Crippen LogP contribution in [0.15, 0.2) is 175 Å². The molecule has 4 nitrogen and oxygen atoms in total. The van der Waals surface area contributed by atoms with Crippen LogP contribution in [0.3, 0.4) is 0 Å². The van der Waals surface area contributed by atoms with Gasteiger partial charge in [0.05, 0.1) is 0 Å². The number of para-hydroxylation sites is 3. The number of furan rings is 4. The Morgan fingerprint density at radius 1 is 0.259 bits per heavy atom. The van der Waals surface area contributed by atoms with E-state index in [1.165, 1.54) is 27.1 Å². The molecule has 0 atom stereocenters. The van der Waals surface area contributed by atoms with Crippen molar-refractivity contribution in [2.45, 2.75) is 0 Å². The van der Waals surface area contributed by atoms with Crippen molar-refractivity contribution in [3.63, 3.8) is 0 Å². The number of hydrogen-bond acceptors (Lipinski definition) is 4. The molecule has 0 aliphatic heterocycles. The molecule has 54 heavy (non-hydrogen) atoms. The Bertz CT molecular complexity index is 3680. The van der Waals surface area contributed by atoms with Crippen molar-refractivity contribution in [1.82, 2.24) is 0 Å². The molecule has 4 heterocycles. The predicted octanol–water partition coefficient (Wildman–Crippen LogP) is 14.9. The molecule has 0 bridgehead atoms. The summed E-state index contributed by atoms with van der Waals surface area (Å²) in [6.45, 7) is 0. The zero-order chi connectivity index (χ0) is 35.1. The maximum Gasteiger partial charge on any atom is 0.143 e. The normalized spacial score (nSPS) is 12.4. The van der Waals surface area contributed by atoms with Crippen molar-refractivity contribution in [2.24, 2.45) is 0 Å². The molecule has 0 aliphatic carbocycles. The minimum atomic E-state index is 0.849. The highest BCUT2D eigenvalue weighted by Crippen LogP contribution is 2.49. The Hall–Kier alpha value is -7.30. The largest absolute Gasteiger partial charge is 0.456 e. The molecule has 0 amide bonds. The van der Waals surface area contributed by atoms with Gasteiger partial charge in [-0.1, -0.05) is 109 Å². The van der Waals surface area contributed by atoms with Gasteiger partial charge in [0.15, 0.2) is 0 Å². The second-order valence-corrected chi connectivity index (χ2v) is 14.3. The maximum atomic E-state index is 6.86. The first-order chi connectivity index (χ1) is 26.8. The Kier molecular flexibility index (Phi) is 5.34. The molecule has 0 saturated carbocycles. The van der Waals surface area contributed by atoms with Crippen molar-refractivity contribution >= 4 is 109 Å². The van der Waals surface area contributed by atoms with E-state index in [2.05, 4.69) is 109 Å². The quantitative estimate of drug-likeness (QED) is 0.169. The van der Waals surface area contributed by atoms with Gasteiger partial charge in [0.25, 0.3) is 0 Å².